The van der Waals surface area contributed by atoms with Gasteiger partial charge < -0.3 is 9.47 Å². The highest BCUT2D eigenvalue weighted by Crippen LogP contribution is 2.09. The average molecular weight is 322 g/mol. The molecule has 0 saturated heterocycles. The Balaban J connectivity index is 1.74. The molecule has 1 heterocycles. The minimum atomic E-state index is -0.406. The Bertz CT molecular complexity index is 528. The average Bonchev–Trinajstić information content (AvgIpc) is 2.45. The molecule has 0 amide bonds. The molecule has 0 atom stereocenters. The lowest BCUT2D eigenvalue weighted by Crippen LogP contribution is -2.12. The molecule has 0 aliphatic carbocycles. The van der Waals surface area contributed by atoms with Crippen molar-refractivity contribution in [2.24, 2.45) is 0 Å². The lowest BCUT2D eigenvalue weighted by molar-refractivity contribution is 0.0450. The van der Waals surface area contributed by atoms with Crippen LogP contribution in [0, 0.1) is 0 Å². The molecule has 1 aromatic carbocycles. The number of carbonyl (C=O) groups excluding carboxylic acids is 1. The van der Waals surface area contributed by atoms with Gasteiger partial charge in [-0.3, -0.25) is 0 Å². The largest absolute Gasteiger partial charge is 0.490 e. The van der Waals surface area contributed by atoms with Crippen molar-refractivity contribution in [2.75, 3.05) is 13.2 Å². The molecule has 0 fully saturated rings. The summed E-state index contributed by atoms with van der Waals surface area (Å²) in [6, 6.07) is 12.7. The number of hydrogen-bond acceptors (Lipinski definition) is 4. The Morgan fingerprint density at radius 3 is 2.58 bits per heavy atom. The van der Waals surface area contributed by atoms with Gasteiger partial charge in [-0.15, -0.1) is 0 Å². The van der Waals surface area contributed by atoms with Crippen molar-refractivity contribution in [3.63, 3.8) is 0 Å². The number of rotatable bonds is 5. The number of benzene rings is 1. The molecule has 0 aliphatic heterocycles. The van der Waals surface area contributed by atoms with Crippen LogP contribution >= 0.6 is 15.9 Å². The zero-order valence-corrected chi connectivity index (χ0v) is 11.7. The van der Waals surface area contributed by atoms with Gasteiger partial charge in [0.2, 0.25) is 0 Å². The summed E-state index contributed by atoms with van der Waals surface area (Å²) in [4.78, 5) is 15.6. The Morgan fingerprint density at radius 2 is 1.89 bits per heavy atom. The van der Waals surface area contributed by atoms with Crippen LogP contribution in [0.25, 0.3) is 0 Å². The highest BCUT2D eigenvalue weighted by molar-refractivity contribution is 9.10. The number of esters is 1. The van der Waals surface area contributed by atoms with Crippen LogP contribution in [0.15, 0.2) is 53.3 Å². The lowest BCUT2D eigenvalue weighted by atomic mass is 10.3. The third-order valence-electron chi connectivity index (χ3n) is 2.29. The number of ether oxygens (including phenoxy) is 2. The van der Waals surface area contributed by atoms with E-state index in [1.165, 1.54) is 6.20 Å². The van der Waals surface area contributed by atoms with Gasteiger partial charge in [-0.2, -0.15) is 0 Å². The highest BCUT2D eigenvalue weighted by Gasteiger charge is 2.07. The molecule has 98 valence electrons. The number of carbonyl (C=O) groups is 1. The highest BCUT2D eigenvalue weighted by atomic mass is 79.9. The van der Waals surface area contributed by atoms with Gasteiger partial charge >= 0.3 is 5.97 Å². The second kappa shape index (κ2) is 6.89. The summed E-state index contributed by atoms with van der Waals surface area (Å²) in [7, 11) is 0. The SMILES string of the molecule is O=C(OCCOc1ccccc1)c1ccc(Br)nc1. The van der Waals surface area contributed by atoms with Gasteiger partial charge in [0.25, 0.3) is 0 Å². The van der Waals surface area contributed by atoms with E-state index >= 15 is 0 Å². The minimum Gasteiger partial charge on any atom is -0.490 e. The van der Waals surface area contributed by atoms with Crippen LogP contribution in [0.2, 0.25) is 0 Å². The summed E-state index contributed by atoms with van der Waals surface area (Å²) in [6.07, 6.45) is 1.46. The smallest absolute Gasteiger partial charge is 0.339 e. The van der Waals surface area contributed by atoms with Gasteiger partial charge in [-0.25, -0.2) is 9.78 Å². The van der Waals surface area contributed by atoms with Gasteiger partial charge in [-0.1, -0.05) is 18.2 Å². The molecule has 0 unspecified atom stereocenters. The fourth-order valence-electron chi connectivity index (χ4n) is 1.39. The molecule has 0 radical (unpaired) electrons. The predicted molar refractivity (Wildman–Crippen MR) is 74.2 cm³/mol. The van der Waals surface area contributed by atoms with Crippen LogP contribution in [0.3, 0.4) is 0 Å². The quantitative estimate of drug-likeness (QED) is 0.482. The number of hydrogen-bond donors (Lipinski definition) is 0. The van der Waals surface area contributed by atoms with Crippen molar-refractivity contribution in [3.05, 3.63) is 58.8 Å². The monoisotopic (exact) mass is 321 g/mol. The van der Waals surface area contributed by atoms with E-state index < -0.39 is 5.97 Å². The number of aromatic nitrogens is 1. The second-order valence-corrected chi connectivity index (χ2v) is 4.48. The maximum atomic E-state index is 11.6. The summed E-state index contributed by atoms with van der Waals surface area (Å²) in [5, 5.41) is 0. The van der Waals surface area contributed by atoms with Crippen LogP contribution in [0.1, 0.15) is 10.4 Å². The number of pyridine rings is 1. The van der Waals surface area contributed by atoms with E-state index in [2.05, 4.69) is 20.9 Å². The van der Waals surface area contributed by atoms with E-state index in [1.807, 2.05) is 30.3 Å². The maximum absolute atomic E-state index is 11.6. The molecule has 4 nitrogen and oxygen atoms in total. The Hall–Kier alpha value is -1.88. The van der Waals surface area contributed by atoms with Gasteiger partial charge in [-0.05, 0) is 40.2 Å². The number of halogens is 1. The summed E-state index contributed by atoms with van der Waals surface area (Å²) < 4.78 is 11.2. The van der Waals surface area contributed by atoms with Crippen molar-refractivity contribution in [1.29, 1.82) is 0 Å². The van der Waals surface area contributed by atoms with E-state index in [0.717, 1.165) is 5.75 Å². The molecule has 1 aromatic heterocycles. The molecule has 0 N–H and O–H groups in total. The van der Waals surface area contributed by atoms with Gasteiger partial charge in [0.1, 0.15) is 23.6 Å². The fraction of sp³-hybridized carbons (Fsp3) is 0.143. The molecule has 5 heteroatoms. The first-order chi connectivity index (χ1) is 9.25. The Morgan fingerprint density at radius 1 is 1.11 bits per heavy atom. The molecule has 0 saturated carbocycles. The molecule has 0 spiro atoms. The summed E-state index contributed by atoms with van der Waals surface area (Å²) in [6.45, 7) is 0.517. The van der Waals surface area contributed by atoms with Gasteiger partial charge in [0.15, 0.2) is 0 Å². The summed E-state index contributed by atoms with van der Waals surface area (Å²) >= 11 is 3.20. The molecule has 0 aliphatic rings. The molecule has 2 rings (SSSR count). The van der Waals surface area contributed by atoms with E-state index in [4.69, 9.17) is 9.47 Å². The normalized spacial score (nSPS) is 9.95. The first-order valence-corrected chi connectivity index (χ1v) is 6.51. The predicted octanol–water partition coefficient (Wildman–Crippen LogP) is 3.08. The van der Waals surface area contributed by atoms with Crippen LogP contribution in [0.5, 0.6) is 5.75 Å². The Kier molecular flexibility index (Phi) is 4.92. The zero-order valence-electron chi connectivity index (χ0n) is 10.1. The van der Waals surface area contributed by atoms with Crippen LogP contribution in [-0.2, 0) is 4.74 Å². The lowest BCUT2D eigenvalue weighted by Gasteiger charge is -2.07. The number of nitrogens with zero attached hydrogens (tertiary/aromatic N) is 1. The first-order valence-electron chi connectivity index (χ1n) is 5.72. The Labute approximate surface area is 119 Å². The number of para-hydroxylation sites is 1. The topological polar surface area (TPSA) is 48.4 Å². The van der Waals surface area contributed by atoms with Gasteiger partial charge in [0.05, 0.1) is 5.56 Å². The molecule has 2 aromatic rings. The summed E-state index contributed by atoms with van der Waals surface area (Å²) in [5.74, 6) is 0.348. The van der Waals surface area contributed by atoms with Crippen LogP contribution in [0.4, 0.5) is 0 Å². The third kappa shape index (κ3) is 4.37. The molecule has 0 bridgehead atoms. The van der Waals surface area contributed by atoms with Crippen molar-refractivity contribution in [2.45, 2.75) is 0 Å². The fourth-order valence-corrected chi connectivity index (χ4v) is 1.63. The minimum absolute atomic E-state index is 0.198. The van der Waals surface area contributed by atoms with Crippen molar-refractivity contribution in [1.82, 2.24) is 4.98 Å². The van der Waals surface area contributed by atoms with Crippen molar-refractivity contribution < 1.29 is 14.3 Å². The second-order valence-electron chi connectivity index (χ2n) is 3.67. The maximum Gasteiger partial charge on any atom is 0.339 e. The van der Waals surface area contributed by atoms with E-state index in [1.54, 1.807) is 12.1 Å². The molecule has 19 heavy (non-hydrogen) atoms. The van der Waals surface area contributed by atoms with Crippen molar-refractivity contribution >= 4 is 21.9 Å². The first kappa shape index (κ1) is 13.5. The summed E-state index contributed by atoms with van der Waals surface area (Å²) in [5.41, 5.74) is 0.419. The zero-order chi connectivity index (χ0) is 13.5. The van der Waals surface area contributed by atoms with E-state index in [9.17, 15) is 4.79 Å². The van der Waals surface area contributed by atoms with Crippen molar-refractivity contribution in [3.8, 4) is 5.75 Å². The molecular weight excluding hydrogens is 310 g/mol. The van der Waals surface area contributed by atoms with Crippen LogP contribution < -0.4 is 4.74 Å². The van der Waals surface area contributed by atoms with E-state index in [0.29, 0.717) is 16.8 Å². The van der Waals surface area contributed by atoms with E-state index in [-0.39, 0.29) is 6.61 Å². The van der Waals surface area contributed by atoms with Crippen LogP contribution in [-0.4, -0.2) is 24.2 Å². The molecular formula is C14H12BrNO3. The van der Waals surface area contributed by atoms with Gasteiger partial charge in [0, 0.05) is 6.20 Å². The third-order valence-corrected chi connectivity index (χ3v) is 2.76. The standard InChI is InChI=1S/C14H12BrNO3/c15-13-7-6-11(10-16-13)14(17)19-9-8-18-12-4-2-1-3-5-12/h1-7,10H,8-9H2.